The molecule has 0 heterocycles. The summed E-state index contributed by atoms with van der Waals surface area (Å²) in [5.74, 6) is 6.15. The summed E-state index contributed by atoms with van der Waals surface area (Å²) in [7, 11) is 0. The Morgan fingerprint density at radius 1 is 0.720 bits per heavy atom. The first-order valence-corrected chi connectivity index (χ1v) is 8.39. The number of rotatable bonds is 3. The lowest BCUT2D eigenvalue weighted by molar-refractivity contribution is 0.628. The molecular weight excluding hydrogens is 307 g/mol. The molecule has 0 nitrogen and oxygen atoms in total. The minimum atomic E-state index is -0.220. The third kappa shape index (κ3) is 4.68. The van der Waals surface area contributed by atoms with E-state index in [1.165, 1.54) is 17.7 Å². The molecule has 0 atom stereocenters. The summed E-state index contributed by atoms with van der Waals surface area (Å²) in [6.45, 7) is 2.12. The van der Waals surface area contributed by atoms with Crippen LogP contribution in [0, 0.1) is 17.7 Å². The third-order valence-corrected chi connectivity index (χ3v) is 3.87. The van der Waals surface area contributed by atoms with Crippen molar-refractivity contribution < 1.29 is 4.39 Å². The third-order valence-electron chi connectivity index (χ3n) is 3.87. The van der Waals surface area contributed by atoms with Gasteiger partial charge in [0.05, 0.1) is 0 Å². The molecule has 0 bridgehead atoms. The number of halogens is 1. The van der Waals surface area contributed by atoms with Crippen molar-refractivity contribution in [3.8, 4) is 23.0 Å². The lowest BCUT2D eigenvalue weighted by Crippen LogP contribution is -1.81. The first-order chi connectivity index (χ1) is 12.2. The maximum Gasteiger partial charge on any atom is 0.123 e. The average molecular weight is 326 g/mol. The van der Waals surface area contributed by atoms with Crippen LogP contribution >= 0.6 is 0 Å². The van der Waals surface area contributed by atoms with Crippen molar-refractivity contribution in [2.24, 2.45) is 0 Å². The zero-order valence-electron chi connectivity index (χ0n) is 14.2. The van der Waals surface area contributed by atoms with Gasteiger partial charge in [0.2, 0.25) is 0 Å². The smallest absolute Gasteiger partial charge is 0.123 e. The first kappa shape index (κ1) is 16.7. The van der Waals surface area contributed by atoms with E-state index in [-0.39, 0.29) is 5.82 Å². The maximum absolute atomic E-state index is 13.0. The lowest BCUT2D eigenvalue weighted by atomic mass is 10.0. The standard InChI is InChI=1S/C24H19F/c1-2-3-4-19-5-7-20(8-6-19)9-10-21-11-13-22(14-12-21)23-15-17-24(25)18-16-23/h3-8,11-18H,2H2,1H3. The quantitative estimate of drug-likeness (QED) is 0.494. The van der Waals surface area contributed by atoms with Crippen LogP contribution < -0.4 is 0 Å². The van der Waals surface area contributed by atoms with Crippen LogP contribution in [0.3, 0.4) is 0 Å². The van der Waals surface area contributed by atoms with Gasteiger partial charge < -0.3 is 0 Å². The van der Waals surface area contributed by atoms with Crippen molar-refractivity contribution in [3.05, 3.63) is 101 Å². The van der Waals surface area contributed by atoms with E-state index < -0.39 is 0 Å². The van der Waals surface area contributed by atoms with E-state index in [0.29, 0.717) is 0 Å². The Hall–Kier alpha value is -3.11. The second kappa shape index (κ2) is 8.13. The van der Waals surface area contributed by atoms with Gasteiger partial charge in [0.1, 0.15) is 5.82 Å². The number of benzene rings is 3. The molecule has 0 aliphatic carbocycles. The summed E-state index contributed by atoms with van der Waals surface area (Å²) >= 11 is 0. The molecule has 0 aromatic heterocycles. The van der Waals surface area contributed by atoms with Crippen LogP contribution in [0.25, 0.3) is 17.2 Å². The van der Waals surface area contributed by atoms with Crippen LogP contribution in [-0.4, -0.2) is 0 Å². The molecule has 3 aromatic rings. The van der Waals surface area contributed by atoms with Gasteiger partial charge in [-0.2, -0.15) is 0 Å². The van der Waals surface area contributed by atoms with E-state index in [0.717, 1.165) is 28.7 Å². The molecule has 0 fully saturated rings. The van der Waals surface area contributed by atoms with Gasteiger partial charge in [-0.15, -0.1) is 0 Å². The van der Waals surface area contributed by atoms with Gasteiger partial charge in [-0.05, 0) is 59.5 Å². The van der Waals surface area contributed by atoms with Gasteiger partial charge in [-0.3, -0.25) is 0 Å². The van der Waals surface area contributed by atoms with E-state index >= 15 is 0 Å². The molecule has 3 rings (SSSR count). The number of hydrogen-bond acceptors (Lipinski definition) is 0. The summed E-state index contributed by atoms with van der Waals surface area (Å²) in [4.78, 5) is 0. The van der Waals surface area contributed by atoms with Crippen molar-refractivity contribution >= 4 is 6.08 Å². The van der Waals surface area contributed by atoms with Crippen molar-refractivity contribution in [2.45, 2.75) is 13.3 Å². The van der Waals surface area contributed by atoms with Crippen LogP contribution in [0.4, 0.5) is 4.39 Å². The molecule has 122 valence electrons. The van der Waals surface area contributed by atoms with Gasteiger partial charge in [0.15, 0.2) is 0 Å². The molecule has 25 heavy (non-hydrogen) atoms. The molecule has 0 aliphatic rings. The van der Waals surface area contributed by atoms with Gasteiger partial charge in [0.25, 0.3) is 0 Å². The summed E-state index contributed by atoms with van der Waals surface area (Å²) < 4.78 is 13.0. The monoisotopic (exact) mass is 326 g/mol. The molecule has 0 saturated heterocycles. The van der Waals surface area contributed by atoms with Gasteiger partial charge in [-0.1, -0.05) is 67.3 Å². The fraction of sp³-hybridized carbons (Fsp3) is 0.0833. The first-order valence-electron chi connectivity index (χ1n) is 8.39. The summed E-state index contributed by atoms with van der Waals surface area (Å²) in [6.07, 6.45) is 5.30. The molecule has 0 saturated carbocycles. The Balaban J connectivity index is 1.72. The van der Waals surface area contributed by atoms with E-state index in [1.54, 1.807) is 12.1 Å². The second-order valence-electron chi connectivity index (χ2n) is 5.77. The Morgan fingerprint density at radius 3 is 1.72 bits per heavy atom. The van der Waals surface area contributed by atoms with Crippen molar-refractivity contribution in [1.29, 1.82) is 0 Å². The fourth-order valence-electron chi connectivity index (χ4n) is 2.46. The average Bonchev–Trinajstić information content (AvgIpc) is 2.67. The zero-order valence-corrected chi connectivity index (χ0v) is 14.2. The van der Waals surface area contributed by atoms with E-state index in [2.05, 4.69) is 43.0 Å². The van der Waals surface area contributed by atoms with Gasteiger partial charge >= 0.3 is 0 Å². The van der Waals surface area contributed by atoms with E-state index in [1.807, 2.05) is 36.4 Å². The Bertz CT molecular complexity index is 903. The van der Waals surface area contributed by atoms with Crippen molar-refractivity contribution in [3.63, 3.8) is 0 Å². The van der Waals surface area contributed by atoms with Crippen LogP contribution in [0.15, 0.2) is 78.9 Å². The molecule has 3 aromatic carbocycles. The highest BCUT2D eigenvalue weighted by Crippen LogP contribution is 2.20. The highest BCUT2D eigenvalue weighted by molar-refractivity contribution is 5.64. The largest absolute Gasteiger partial charge is 0.207 e. The SMILES string of the molecule is CCC=Cc1ccc(C#Cc2ccc(-c3ccc(F)cc3)cc2)cc1. The maximum atomic E-state index is 13.0. The minimum Gasteiger partial charge on any atom is -0.207 e. The summed E-state index contributed by atoms with van der Waals surface area (Å²) in [6, 6.07) is 22.7. The molecule has 1 heteroatoms. The molecule has 0 spiro atoms. The van der Waals surface area contributed by atoms with Crippen molar-refractivity contribution in [2.75, 3.05) is 0 Å². The Labute approximate surface area is 148 Å². The highest BCUT2D eigenvalue weighted by Gasteiger charge is 1.98. The van der Waals surface area contributed by atoms with E-state index in [9.17, 15) is 4.39 Å². The van der Waals surface area contributed by atoms with Crippen LogP contribution in [-0.2, 0) is 0 Å². The fourth-order valence-corrected chi connectivity index (χ4v) is 2.46. The predicted octanol–water partition coefficient (Wildman–Crippen LogP) is 6.32. The molecule has 0 radical (unpaired) electrons. The second-order valence-corrected chi connectivity index (χ2v) is 5.77. The van der Waals surface area contributed by atoms with E-state index in [4.69, 9.17) is 0 Å². The number of hydrogen-bond donors (Lipinski definition) is 0. The Kier molecular flexibility index (Phi) is 5.44. The van der Waals surface area contributed by atoms with Crippen LogP contribution in [0.1, 0.15) is 30.0 Å². The normalized spacial score (nSPS) is 10.5. The minimum absolute atomic E-state index is 0.220. The van der Waals surface area contributed by atoms with Gasteiger partial charge in [0, 0.05) is 11.1 Å². The highest BCUT2D eigenvalue weighted by atomic mass is 19.1. The van der Waals surface area contributed by atoms with Crippen LogP contribution in [0.5, 0.6) is 0 Å². The topological polar surface area (TPSA) is 0 Å². The van der Waals surface area contributed by atoms with Crippen molar-refractivity contribution in [1.82, 2.24) is 0 Å². The Morgan fingerprint density at radius 2 is 1.20 bits per heavy atom. The molecular formula is C24H19F. The molecule has 0 aliphatic heterocycles. The summed E-state index contributed by atoms with van der Waals surface area (Å²) in [5, 5.41) is 0. The molecule has 0 N–H and O–H groups in total. The zero-order chi connectivity index (χ0) is 17.5. The lowest BCUT2D eigenvalue weighted by Gasteiger charge is -2.01. The molecule has 0 unspecified atom stereocenters. The predicted molar refractivity (Wildman–Crippen MR) is 104 cm³/mol. The number of allylic oxidation sites excluding steroid dienone is 1. The molecule has 0 amide bonds. The van der Waals surface area contributed by atoms with Gasteiger partial charge in [-0.25, -0.2) is 4.39 Å². The van der Waals surface area contributed by atoms with Crippen LogP contribution in [0.2, 0.25) is 0 Å². The summed E-state index contributed by atoms with van der Waals surface area (Å²) in [5.41, 5.74) is 5.20.